The van der Waals surface area contributed by atoms with Gasteiger partial charge in [-0.05, 0) is 39.0 Å². The second-order valence-electron chi connectivity index (χ2n) is 5.32. The highest BCUT2D eigenvalue weighted by Gasteiger charge is 2.19. The van der Waals surface area contributed by atoms with Crippen molar-refractivity contribution < 1.29 is 0 Å². The Morgan fingerprint density at radius 3 is 3.00 bits per heavy atom. The maximum atomic E-state index is 4.72. The van der Waals surface area contributed by atoms with Crippen LogP contribution in [-0.2, 0) is 19.4 Å². The first-order chi connectivity index (χ1) is 9.79. The maximum Gasteiger partial charge on any atom is 0.135 e. The lowest BCUT2D eigenvalue weighted by Gasteiger charge is -2.14. The number of anilines is 1. The molecule has 0 spiro atoms. The minimum absolute atomic E-state index is 0.788. The predicted octanol–water partition coefficient (Wildman–Crippen LogP) is 2.79. The van der Waals surface area contributed by atoms with Gasteiger partial charge in [-0.2, -0.15) is 0 Å². The van der Waals surface area contributed by atoms with Crippen LogP contribution in [0.15, 0.2) is 0 Å². The molecule has 6 heteroatoms. The Morgan fingerprint density at radius 1 is 1.30 bits per heavy atom. The summed E-state index contributed by atoms with van der Waals surface area (Å²) in [5.74, 6) is 1.10. The Morgan fingerprint density at radius 2 is 2.15 bits per heavy atom. The van der Waals surface area contributed by atoms with Crippen LogP contribution in [0, 0.1) is 6.92 Å². The van der Waals surface area contributed by atoms with Gasteiger partial charge in [-0.3, -0.25) is 0 Å². The number of hydrogen-bond acceptors (Lipinski definition) is 5. The van der Waals surface area contributed by atoms with Crippen molar-refractivity contribution in [2.45, 2.75) is 52.5 Å². The lowest BCUT2D eigenvalue weighted by atomic mass is 10.0. The number of nitrogens with zero attached hydrogens (tertiary/aromatic N) is 4. The Labute approximate surface area is 123 Å². The van der Waals surface area contributed by atoms with E-state index in [1.54, 1.807) is 0 Å². The highest BCUT2D eigenvalue weighted by molar-refractivity contribution is 7.10. The third-order valence-corrected chi connectivity index (χ3v) is 4.55. The maximum absolute atomic E-state index is 4.72. The van der Waals surface area contributed by atoms with Crippen molar-refractivity contribution in [3.8, 4) is 0 Å². The quantitative estimate of drug-likeness (QED) is 0.920. The summed E-state index contributed by atoms with van der Waals surface area (Å²) in [5, 5.41) is 8.81. The molecule has 3 rings (SSSR count). The van der Waals surface area contributed by atoms with E-state index in [-0.39, 0.29) is 0 Å². The predicted molar refractivity (Wildman–Crippen MR) is 81.4 cm³/mol. The molecular weight excluding hydrogens is 270 g/mol. The first kappa shape index (κ1) is 13.5. The van der Waals surface area contributed by atoms with Crippen molar-refractivity contribution in [3.63, 3.8) is 0 Å². The summed E-state index contributed by atoms with van der Waals surface area (Å²) in [6.07, 6.45) is 5.92. The molecule has 1 aliphatic rings. The molecule has 0 aliphatic heterocycles. The number of aromatic nitrogens is 4. The monoisotopic (exact) mass is 291 g/mol. The first-order valence-electron chi connectivity index (χ1n) is 7.39. The van der Waals surface area contributed by atoms with Crippen LogP contribution >= 0.6 is 11.5 Å². The highest BCUT2D eigenvalue weighted by Crippen LogP contribution is 2.25. The molecule has 0 bridgehead atoms. The Bertz CT molecular complexity index is 586. The van der Waals surface area contributed by atoms with Gasteiger partial charge in [0.1, 0.15) is 16.5 Å². The van der Waals surface area contributed by atoms with Gasteiger partial charge in [0.25, 0.3) is 0 Å². The van der Waals surface area contributed by atoms with E-state index >= 15 is 0 Å². The van der Waals surface area contributed by atoms with Crippen LogP contribution in [0.5, 0.6) is 0 Å². The van der Waals surface area contributed by atoms with Crippen molar-refractivity contribution >= 4 is 16.5 Å². The molecular formula is C14H21N5S. The Kier molecular flexibility index (Phi) is 4.00. The lowest BCUT2D eigenvalue weighted by molar-refractivity contribution is 0.620. The van der Waals surface area contributed by atoms with Crippen LogP contribution in [0.3, 0.4) is 0 Å². The molecule has 20 heavy (non-hydrogen) atoms. The zero-order chi connectivity index (χ0) is 13.9. The zero-order valence-electron chi connectivity index (χ0n) is 12.1. The highest BCUT2D eigenvalue weighted by atomic mass is 32.1. The number of aryl methyl sites for hydroxylation is 2. The average Bonchev–Trinajstić information content (AvgIpc) is 3.02. The average molecular weight is 291 g/mol. The minimum Gasteiger partial charge on any atom is -0.374 e. The van der Waals surface area contributed by atoms with Gasteiger partial charge in [0.05, 0.1) is 12.2 Å². The molecule has 0 aromatic carbocycles. The summed E-state index contributed by atoms with van der Waals surface area (Å²) in [6, 6.07) is 0. The standard InChI is InChI=1S/C14H21N5S/c1-3-8-15-14-12(17-18-20-14)9-19-10(2)16-11-6-4-5-7-13(11)19/h15H,3-9H2,1-2H3. The van der Waals surface area contributed by atoms with Crippen LogP contribution in [-0.4, -0.2) is 25.7 Å². The van der Waals surface area contributed by atoms with Gasteiger partial charge < -0.3 is 9.88 Å². The molecule has 5 nitrogen and oxygen atoms in total. The number of fused-ring (bicyclic) bond motifs is 1. The molecule has 2 aromatic rings. The molecule has 0 atom stereocenters. The SMILES string of the molecule is CCCNc1snnc1Cn1c(C)nc2c1CCCC2. The summed E-state index contributed by atoms with van der Waals surface area (Å²) in [7, 11) is 0. The van der Waals surface area contributed by atoms with Gasteiger partial charge in [-0.15, -0.1) is 5.10 Å². The second kappa shape index (κ2) is 5.91. The molecule has 108 valence electrons. The van der Waals surface area contributed by atoms with Crippen molar-refractivity contribution in [3.05, 3.63) is 22.9 Å². The fourth-order valence-corrected chi connectivity index (χ4v) is 3.38. The van der Waals surface area contributed by atoms with Crippen LogP contribution in [0.4, 0.5) is 5.00 Å². The van der Waals surface area contributed by atoms with Gasteiger partial charge in [-0.25, -0.2) is 4.98 Å². The molecule has 0 unspecified atom stereocenters. The topological polar surface area (TPSA) is 55.6 Å². The smallest absolute Gasteiger partial charge is 0.135 e. The largest absolute Gasteiger partial charge is 0.374 e. The van der Waals surface area contributed by atoms with Crippen LogP contribution in [0.2, 0.25) is 0 Å². The van der Waals surface area contributed by atoms with Crippen molar-refractivity contribution in [1.29, 1.82) is 0 Å². The van der Waals surface area contributed by atoms with E-state index in [1.807, 2.05) is 0 Å². The number of nitrogens with one attached hydrogen (secondary N) is 1. The first-order valence-corrected chi connectivity index (χ1v) is 8.17. The fraction of sp³-hybridized carbons (Fsp3) is 0.643. The molecule has 2 aromatic heterocycles. The van der Waals surface area contributed by atoms with E-state index in [4.69, 9.17) is 4.98 Å². The van der Waals surface area contributed by atoms with Crippen LogP contribution in [0.25, 0.3) is 0 Å². The molecule has 2 heterocycles. The number of hydrogen-bond donors (Lipinski definition) is 1. The van der Waals surface area contributed by atoms with Crippen molar-refractivity contribution in [1.82, 2.24) is 19.1 Å². The van der Waals surface area contributed by atoms with Gasteiger partial charge in [-0.1, -0.05) is 11.4 Å². The van der Waals surface area contributed by atoms with E-state index in [0.29, 0.717) is 0 Å². The summed E-state index contributed by atoms with van der Waals surface area (Å²) in [4.78, 5) is 4.72. The third kappa shape index (κ3) is 2.57. The van der Waals surface area contributed by atoms with E-state index in [9.17, 15) is 0 Å². The van der Waals surface area contributed by atoms with Crippen molar-refractivity contribution in [2.24, 2.45) is 0 Å². The lowest BCUT2D eigenvalue weighted by Crippen LogP contribution is -2.12. The summed E-state index contributed by atoms with van der Waals surface area (Å²) in [6.45, 7) is 6.02. The van der Waals surface area contributed by atoms with E-state index in [0.717, 1.165) is 48.9 Å². The minimum atomic E-state index is 0.788. The second-order valence-corrected chi connectivity index (χ2v) is 6.08. The summed E-state index contributed by atoms with van der Waals surface area (Å²) < 4.78 is 6.41. The Balaban J connectivity index is 1.84. The molecule has 1 N–H and O–H groups in total. The van der Waals surface area contributed by atoms with Crippen molar-refractivity contribution in [2.75, 3.05) is 11.9 Å². The molecule has 0 amide bonds. The Hall–Kier alpha value is -1.43. The van der Waals surface area contributed by atoms with E-state index in [2.05, 4.69) is 33.3 Å². The zero-order valence-corrected chi connectivity index (χ0v) is 13.0. The van der Waals surface area contributed by atoms with Gasteiger partial charge in [0, 0.05) is 23.8 Å². The van der Waals surface area contributed by atoms with E-state index in [1.165, 1.54) is 35.8 Å². The van der Waals surface area contributed by atoms with Gasteiger partial charge in [0.2, 0.25) is 0 Å². The number of imidazole rings is 1. The van der Waals surface area contributed by atoms with Gasteiger partial charge in [0.15, 0.2) is 0 Å². The molecule has 0 fully saturated rings. The van der Waals surface area contributed by atoms with Gasteiger partial charge >= 0.3 is 0 Å². The normalized spacial score (nSPS) is 14.3. The van der Waals surface area contributed by atoms with E-state index < -0.39 is 0 Å². The summed E-state index contributed by atoms with van der Waals surface area (Å²) in [5.41, 5.74) is 3.74. The molecule has 0 saturated heterocycles. The molecule has 1 aliphatic carbocycles. The van der Waals surface area contributed by atoms with Crippen LogP contribution in [0.1, 0.15) is 49.1 Å². The third-order valence-electron chi connectivity index (χ3n) is 3.82. The molecule has 0 saturated carbocycles. The molecule has 0 radical (unpaired) electrons. The number of rotatable bonds is 5. The summed E-state index contributed by atoms with van der Waals surface area (Å²) >= 11 is 1.45. The fourth-order valence-electron chi connectivity index (χ4n) is 2.78. The van der Waals surface area contributed by atoms with Crippen LogP contribution < -0.4 is 5.32 Å².